The van der Waals surface area contributed by atoms with Crippen molar-refractivity contribution in [3.05, 3.63) is 59.9 Å². The minimum Gasteiger partial charge on any atom is -0.383 e. The lowest BCUT2D eigenvalue weighted by Gasteiger charge is -2.04. The van der Waals surface area contributed by atoms with Crippen molar-refractivity contribution in [3.8, 4) is 0 Å². The van der Waals surface area contributed by atoms with Gasteiger partial charge in [-0.1, -0.05) is 18.2 Å². The highest BCUT2D eigenvalue weighted by Crippen LogP contribution is 2.22. The van der Waals surface area contributed by atoms with E-state index in [4.69, 9.17) is 4.74 Å². The van der Waals surface area contributed by atoms with Crippen molar-refractivity contribution in [2.45, 2.75) is 13.5 Å². The van der Waals surface area contributed by atoms with Gasteiger partial charge in [0.1, 0.15) is 5.82 Å². The zero-order chi connectivity index (χ0) is 16.2. The number of carbonyl (C=O) groups excluding carboxylic acids is 1. The molecule has 23 heavy (non-hydrogen) atoms. The van der Waals surface area contributed by atoms with E-state index in [9.17, 15) is 4.79 Å². The second-order valence-electron chi connectivity index (χ2n) is 5.42. The van der Waals surface area contributed by atoms with Gasteiger partial charge in [-0.15, -0.1) is 0 Å². The van der Waals surface area contributed by atoms with E-state index in [1.165, 1.54) is 0 Å². The van der Waals surface area contributed by atoms with E-state index in [0.717, 1.165) is 16.5 Å². The van der Waals surface area contributed by atoms with Crippen LogP contribution in [-0.4, -0.2) is 29.2 Å². The lowest BCUT2D eigenvalue weighted by Crippen LogP contribution is -2.12. The Labute approximate surface area is 134 Å². The van der Waals surface area contributed by atoms with Gasteiger partial charge in [0.15, 0.2) is 0 Å². The summed E-state index contributed by atoms with van der Waals surface area (Å²) in [5.74, 6) is 0.402. The lowest BCUT2D eigenvalue weighted by molar-refractivity contribution is 0.102. The maximum absolute atomic E-state index is 12.6. The van der Waals surface area contributed by atoms with Crippen molar-refractivity contribution < 1.29 is 9.53 Å². The summed E-state index contributed by atoms with van der Waals surface area (Å²) in [5, 5.41) is 3.79. The molecular formula is C18H19N3O2. The number of fused-ring (bicyclic) bond motifs is 1. The van der Waals surface area contributed by atoms with Gasteiger partial charge in [0.2, 0.25) is 0 Å². The first-order valence-electron chi connectivity index (χ1n) is 7.50. The van der Waals surface area contributed by atoms with Crippen LogP contribution in [0.4, 0.5) is 5.82 Å². The van der Waals surface area contributed by atoms with E-state index in [1.54, 1.807) is 13.3 Å². The Hall–Kier alpha value is -2.66. The van der Waals surface area contributed by atoms with Crippen LogP contribution in [0.2, 0.25) is 0 Å². The number of aryl methyl sites for hydroxylation is 1. The van der Waals surface area contributed by atoms with E-state index in [2.05, 4.69) is 10.3 Å². The molecule has 0 saturated carbocycles. The number of rotatable bonds is 5. The lowest BCUT2D eigenvalue weighted by atomic mass is 10.1. The number of methoxy groups -OCH3 is 1. The molecule has 2 aromatic heterocycles. The van der Waals surface area contributed by atoms with Crippen LogP contribution in [0, 0.1) is 6.92 Å². The van der Waals surface area contributed by atoms with Crippen molar-refractivity contribution in [1.82, 2.24) is 9.55 Å². The first-order chi connectivity index (χ1) is 11.2. The SMILES string of the molecule is COCCn1cc(C(=O)Nc2cc(C)ccn2)c2ccccc21. The molecule has 0 spiro atoms. The quantitative estimate of drug-likeness (QED) is 0.787. The number of para-hydroxylation sites is 1. The Morgan fingerprint density at radius 3 is 2.91 bits per heavy atom. The van der Waals surface area contributed by atoms with Gasteiger partial charge >= 0.3 is 0 Å². The fourth-order valence-corrected chi connectivity index (χ4v) is 2.59. The van der Waals surface area contributed by atoms with Crippen molar-refractivity contribution in [2.24, 2.45) is 0 Å². The third kappa shape index (κ3) is 3.24. The first-order valence-corrected chi connectivity index (χ1v) is 7.50. The average molecular weight is 309 g/mol. The molecule has 0 aliphatic rings. The molecule has 1 amide bonds. The maximum atomic E-state index is 12.6. The second-order valence-corrected chi connectivity index (χ2v) is 5.42. The molecule has 0 aliphatic heterocycles. The molecule has 0 bridgehead atoms. The maximum Gasteiger partial charge on any atom is 0.258 e. The van der Waals surface area contributed by atoms with Crippen molar-refractivity contribution in [1.29, 1.82) is 0 Å². The monoisotopic (exact) mass is 309 g/mol. The molecule has 2 heterocycles. The van der Waals surface area contributed by atoms with E-state index >= 15 is 0 Å². The third-order valence-corrected chi connectivity index (χ3v) is 3.73. The number of anilines is 1. The molecule has 0 fully saturated rings. The van der Waals surface area contributed by atoms with Gasteiger partial charge in [-0.25, -0.2) is 4.98 Å². The second kappa shape index (κ2) is 6.62. The molecule has 0 saturated heterocycles. The molecule has 118 valence electrons. The molecule has 0 unspecified atom stereocenters. The van der Waals surface area contributed by atoms with Crippen LogP contribution in [-0.2, 0) is 11.3 Å². The van der Waals surface area contributed by atoms with Crippen LogP contribution >= 0.6 is 0 Å². The van der Waals surface area contributed by atoms with Gasteiger partial charge in [-0.05, 0) is 30.7 Å². The van der Waals surface area contributed by atoms with Crippen molar-refractivity contribution in [3.63, 3.8) is 0 Å². The van der Waals surface area contributed by atoms with Crippen molar-refractivity contribution >= 4 is 22.6 Å². The van der Waals surface area contributed by atoms with Crippen LogP contribution < -0.4 is 5.32 Å². The predicted molar refractivity (Wildman–Crippen MR) is 90.7 cm³/mol. The van der Waals surface area contributed by atoms with Gasteiger partial charge in [-0.3, -0.25) is 4.79 Å². The summed E-state index contributed by atoms with van der Waals surface area (Å²) in [4.78, 5) is 16.8. The minimum absolute atomic E-state index is 0.157. The molecule has 5 nitrogen and oxygen atoms in total. The topological polar surface area (TPSA) is 56.1 Å². The number of ether oxygens (including phenoxy) is 1. The van der Waals surface area contributed by atoms with Crippen LogP contribution in [0.15, 0.2) is 48.8 Å². The summed E-state index contributed by atoms with van der Waals surface area (Å²) in [5.41, 5.74) is 2.71. The molecule has 3 aromatic rings. The summed E-state index contributed by atoms with van der Waals surface area (Å²) < 4.78 is 7.18. The molecule has 0 radical (unpaired) electrons. The Kier molecular flexibility index (Phi) is 4.39. The molecule has 3 rings (SSSR count). The number of amides is 1. The fourth-order valence-electron chi connectivity index (χ4n) is 2.59. The Balaban J connectivity index is 1.93. The summed E-state index contributed by atoms with van der Waals surface area (Å²) in [6.07, 6.45) is 3.56. The van der Waals surface area contributed by atoms with Crippen LogP contribution in [0.25, 0.3) is 10.9 Å². The Morgan fingerprint density at radius 2 is 2.13 bits per heavy atom. The minimum atomic E-state index is -0.157. The van der Waals surface area contributed by atoms with Gasteiger partial charge in [-0.2, -0.15) is 0 Å². The molecule has 1 N–H and O–H groups in total. The number of pyridine rings is 1. The normalized spacial score (nSPS) is 10.9. The number of aromatic nitrogens is 2. The molecular weight excluding hydrogens is 290 g/mol. The first kappa shape index (κ1) is 15.2. The van der Waals surface area contributed by atoms with Crippen LogP contribution in [0.3, 0.4) is 0 Å². The molecule has 0 atom stereocenters. The average Bonchev–Trinajstić information content (AvgIpc) is 2.92. The number of nitrogens with one attached hydrogen (secondary N) is 1. The fraction of sp³-hybridized carbons (Fsp3) is 0.222. The van der Waals surface area contributed by atoms with Gasteiger partial charge < -0.3 is 14.6 Å². The number of carbonyl (C=O) groups is 1. The summed E-state index contributed by atoms with van der Waals surface area (Å²) in [6, 6.07) is 11.6. The van der Waals surface area contributed by atoms with Gasteiger partial charge in [0.25, 0.3) is 5.91 Å². The van der Waals surface area contributed by atoms with Crippen molar-refractivity contribution in [2.75, 3.05) is 19.0 Å². The van der Waals surface area contributed by atoms with E-state index in [-0.39, 0.29) is 5.91 Å². The highest BCUT2D eigenvalue weighted by Gasteiger charge is 2.15. The van der Waals surface area contributed by atoms with Crippen LogP contribution in [0.5, 0.6) is 0 Å². The summed E-state index contributed by atoms with van der Waals surface area (Å²) in [6.45, 7) is 3.26. The number of benzene rings is 1. The number of hydrogen-bond acceptors (Lipinski definition) is 3. The zero-order valence-electron chi connectivity index (χ0n) is 13.2. The Bertz CT molecular complexity index is 839. The van der Waals surface area contributed by atoms with Gasteiger partial charge in [0, 0.05) is 37.0 Å². The smallest absolute Gasteiger partial charge is 0.258 e. The van der Waals surface area contributed by atoms with E-state index in [0.29, 0.717) is 24.5 Å². The highest BCUT2D eigenvalue weighted by molar-refractivity contribution is 6.12. The van der Waals surface area contributed by atoms with E-state index < -0.39 is 0 Å². The molecule has 1 aromatic carbocycles. The standard InChI is InChI=1S/C18H19N3O2/c1-13-7-8-19-17(11-13)20-18(22)15-12-21(9-10-23-2)16-6-4-3-5-14(15)16/h3-8,11-12H,9-10H2,1-2H3,(H,19,20,22). The number of nitrogens with zero attached hydrogens (tertiary/aromatic N) is 2. The summed E-state index contributed by atoms with van der Waals surface area (Å²) >= 11 is 0. The Morgan fingerprint density at radius 1 is 1.30 bits per heavy atom. The highest BCUT2D eigenvalue weighted by atomic mass is 16.5. The van der Waals surface area contributed by atoms with Gasteiger partial charge in [0.05, 0.1) is 12.2 Å². The van der Waals surface area contributed by atoms with Crippen LogP contribution in [0.1, 0.15) is 15.9 Å². The largest absolute Gasteiger partial charge is 0.383 e. The molecule has 0 aliphatic carbocycles. The third-order valence-electron chi connectivity index (χ3n) is 3.73. The molecule has 5 heteroatoms. The van der Waals surface area contributed by atoms with E-state index in [1.807, 2.05) is 54.1 Å². The zero-order valence-corrected chi connectivity index (χ0v) is 13.2. The summed E-state index contributed by atoms with van der Waals surface area (Å²) in [7, 11) is 1.67. The number of hydrogen-bond donors (Lipinski definition) is 1. The predicted octanol–water partition coefficient (Wildman–Crippen LogP) is 3.24.